The van der Waals surface area contributed by atoms with E-state index in [0.717, 1.165) is 76.9 Å². The van der Waals surface area contributed by atoms with Gasteiger partial charge in [-0.2, -0.15) is 5.26 Å². The van der Waals surface area contributed by atoms with Crippen molar-refractivity contribution in [1.29, 1.82) is 5.26 Å². The zero-order chi connectivity index (χ0) is 26.6. The van der Waals surface area contributed by atoms with E-state index in [9.17, 15) is 5.26 Å². The molecule has 0 aliphatic rings. The summed E-state index contributed by atoms with van der Waals surface area (Å²) in [6.45, 7) is 0. The minimum absolute atomic E-state index is 0.620. The molecule has 4 aromatic carbocycles. The summed E-state index contributed by atoms with van der Waals surface area (Å²) in [7, 11) is 0. The van der Waals surface area contributed by atoms with Gasteiger partial charge in [-0.15, -0.1) is 0 Å². The largest absolute Gasteiger partial charge is 0.254 e. The van der Waals surface area contributed by atoms with Crippen molar-refractivity contribution in [1.82, 2.24) is 19.9 Å². The summed E-state index contributed by atoms with van der Waals surface area (Å²) in [6, 6.07) is 37.0. The molecule has 4 heterocycles. The van der Waals surface area contributed by atoms with Crippen LogP contribution in [0.1, 0.15) is 5.56 Å². The van der Waals surface area contributed by atoms with Gasteiger partial charge in [-0.05, 0) is 59.7 Å². The predicted octanol–water partition coefficient (Wildman–Crippen LogP) is 8.24. The van der Waals surface area contributed by atoms with Crippen LogP contribution in [0, 0.1) is 11.3 Å². The van der Waals surface area contributed by atoms with E-state index in [0.29, 0.717) is 5.56 Å². The quantitative estimate of drug-likeness (QED) is 0.173. The highest BCUT2D eigenvalue weighted by Crippen LogP contribution is 2.35. The molecule has 8 aromatic rings. The minimum atomic E-state index is 0.620. The van der Waals surface area contributed by atoms with Gasteiger partial charge < -0.3 is 0 Å². The van der Waals surface area contributed by atoms with Crippen molar-refractivity contribution in [2.24, 2.45) is 0 Å². The topological polar surface area (TPSA) is 75.3 Å². The Morgan fingerprint density at radius 2 is 1.25 bits per heavy atom. The second-order valence-corrected chi connectivity index (χ2v) is 9.89. The first kappa shape index (κ1) is 22.3. The molecular weight excluding hydrogens is 490 g/mol. The van der Waals surface area contributed by atoms with Crippen LogP contribution in [0.2, 0.25) is 0 Å². The van der Waals surface area contributed by atoms with Crippen molar-refractivity contribution in [2.75, 3.05) is 0 Å². The summed E-state index contributed by atoms with van der Waals surface area (Å²) >= 11 is 0. The number of benzene rings is 4. The lowest BCUT2D eigenvalue weighted by Crippen LogP contribution is -1.91. The Bertz CT molecular complexity index is 2330. The molecule has 5 heteroatoms. The van der Waals surface area contributed by atoms with Gasteiger partial charge in [-0.1, -0.05) is 54.6 Å². The third-order valence-electron chi connectivity index (χ3n) is 7.52. The Morgan fingerprint density at radius 3 is 2.10 bits per heavy atom. The molecule has 0 unspecified atom stereocenters. The summed E-state index contributed by atoms with van der Waals surface area (Å²) < 4.78 is 0. The van der Waals surface area contributed by atoms with Gasteiger partial charge in [0.1, 0.15) is 0 Å². The molecule has 0 spiro atoms. The molecule has 0 fully saturated rings. The zero-order valence-electron chi connectivity index (χ0n) is 21.2. The van der Waals surface area contributed by atoms with E-state index in [1.807, 2.05) is 36.7 Å². The van der Waals surface area contributed by atoms with Crippen molar-refractivity contribution in [3.63, 3.8) is 0 Å². The van der Waals surface area contributed by atoms with Crippen molar-refractivity contribution in [3.8, 4) is 28.5 Å². The Hall–Kier alpha value is -5.73. The third kappa shape index (κ3) is 3.48. The third-order valence-corrected chi connectivity index (χ3v) is 7.52. The molecular formula is C35H19N5. The van der Waals surface area contributed by atoms with Gasteiger partial charge in [0.25, 0.3) is 0 Å². The Kier molecular flexibility index (Phi) is 4.82. The summed E-state index contributed by atoms with van der Waals surface area (Å²) in [5.74, 6) is 0. The van der Waals surface area contributed by atoms with Crippen LogP contribution in [-0.4, -0.2) is 19.9 Å². The molecule has 0 saturated carbocycles. The molecule has 0 radical (unpaired) electrons. The SMILES string of the molecule is N#Cc1ccc2nc3c(cc(-c4ccc(-c5ccc6ccc7cccnc7c6n5)cc4)c4cccnc43)cc2c1. The maximum Gasteiger partial charge on any atom is 0.0991 e. The fourth-order valence-electron chi connectivity index (χ4n) is 5.55. The number of fused-ring (bicyclic) bond motifs is 7. The molecule has 8 rings (SSSR count). The van der Waals surface area contributed by atoms with Crippen molar-refractivity contribution >= 4 is 54.5 Å². The van der Waals surface area contributed by atoms with Crippen molar-refractivity contribution < 1.29 is 0 Å². The number of aromatic nitrogens is 4. The average molecular weight is 510 g/mol. The Labute approximate surface area is 229 Å². The molecule has 4 aromatic heterocycles. The Morgan fingerprint density at radius 1 is 0.525 bits per heavy atom. The van der Waals surface area contributed by atoms with Crippen LogP contribution in [0.5, 0.6) is 0 Å². The first-order chi connectivity index (χ1) is 19.7. The number of hydrogen-bond acceptors (Lipinski definition) is 5. The molecule has 0 amide bonds. The standard InChI is InChI=1S/C35H19N5/c36-20-21-5-13-31-26(17-21)18-27-19-29(28-4-2-16-38-35(28)34(27)40-31)22-6-8-23(9-7-22)30-14-12-25-11-10-24-3-1-15-37-32(24)33(25)39-30/h1-19H. The van der Waals surface area contributed by atoms with E-state index >= 15 is 0 Å². The monoisotopic (exact) mass is 509 g/mol. The lowest BCUT2D eigenvalue weighted by molar-refractivity contribution is 1.37. The van der Waals surface area contributed by atoms with Gasteiger partial charge in [0.2, 0.25) is 0 Å². The summed E-state index contributed by atoms with van der Waals surface area (Å²) in [4.78, 5) is 19.3. The van der Waals surface area contributed by atoms with E-state index in [4.69, 9.17) is 15.0 Å². The summed E-state index contributed by atoms with van der Waals surface area (Å²) in [5, 5.41) is 14.5. The lowest BCUT2D eigenvalue weighted by Gasteiger charge is -2.12. The van der Waals surface area contributed by atoms with Gasteiger partial charge in [-0.3, -0.25) is 9.97 Å². The number of rotatable bonds is 2. The number of hydrogen-bond donors (Lipinski definition) is 0. The van der Waals surface area contributed by atoms with E-state index in [-0.39, 0.29) is 0 Å². The molecule has 40 heavy (non-hydrogen) atoms. The molecule has 5 nitrogen and oxygen atoms in total. The maximum atomic E-state index is 9.36. The summed E-state index contributed by atoms with van der Waals surface area (Å²) in [6.07, 6.45) is 3.62. The first-order valence-electron chi connectivity index (χ1n) is 13.0. The van der Waals surface area contributed by atoms with Gasteiger partial charge in [0.05, 0.1) is 44.9 Å². The second kappa shape index (κ2) is 8.65. The Balaban J connectivity index is 1.27. The van der Waals surface area contributed by atoms with Crippen LogP contribution in [-0.2, 0) is 0 Å². The highest BCUT2D eigenvalue weighted by molar-refractivity contribution is 6.12. The molecule has 0 aliphatic heterocycles. The smallest absolute Gasteiger partial charge is 0.0991 e. The average Bonchev–Trinajstić information content (AvgIpc) is 3.03. The van der Waals surface area contributed by atoms with E-state index in [1.54, 1.807) is 6.07 Å². The first-order valence-corrected chi connectivity index (χ1v) is 13.0. The molecule has 0 bridgehead atoms. The number of nitriles is 1. The predicted molar refractivity (Wildman–Crippen MR) is 161 cm³/mol. The van der Waals surface area contributed by atoms with Crippen LogP contribution in [0.3, 0.4) is 0 Å². The minimum Gasteiger partial charge on any atom is -0.254 e. The lowest BCUT2D eigenvalue weighted by atomic mass is 9.96. The zero-order valence-corrected chi connectivity index (χ0v) is 21.2. The molecule has 0 N–H and O–H groups in total. The molecule has 0 saturated heterocycles. The molecule has 184 valence electrons. The van der Waals surface area contributed by atoms with Gasteiger partial charge in [0, 0.05) is 44.9 Å². The van der Waals surface area contributed by atoms with Crippen LogP contribution in [0.4, 0.5) is 0 Å². The van der Waals surface area contributed by atoms with Gasteiger partial charge in [-0.25, -0.2) is 9.97 Å². The fourth-order valence-corrected chi connectivity index (χ4v) is 5.55. The normalized spacial score (nSPS) is 11.5. The van der Waals surface area contributed by atoms with Crippen LogP contribution < -0.4 is 0 Å². The molecule has 0 atom stereocenters. The van der Waals surface area contributed by atoms with Crippen molar-refractivity contribution in [2.45, 2.75) is 0 Å². The molecule has 0 aliphatic carbocycles. The van der Waals surface area contributed by atoms with E-state index < -0.39 is 0 Å². The van der Waals surface area contributed by atoms with Gasteiger partial charge in [0.15, 0.2) is 0 Å². The van der Waals surface area contributed by atoms with Crippen molar-refractivity contribution in [3.05, 3.63) is 121 Å². The highest BCUT2D eigenvalue weighted by Gasteiger charge is 2.13. The summed E-state index contributed by atoms with van der Waals surface area (Å²) in [5.41, 5.74) is 9.13. The van der Waals surface area contributed by atoms with E-state index in [1.165, 1.54) is 0 Å². The number of nitrogens with zero attached hydrogens (tertiary/aromatic N) is 5. The fraction of sp³-hybridized carbons (Fsp3) is 0. The van der Waals surface area contributed by atoms with Crippen LogP contribution >= 0.6 is 0 Å². The van der Waals surface area contributed by atoms with Gasteiger partial charge >= 0.3 is 0 Å². The van der Waals surface area contributed by atoms with Crippen LogP contribution in [0.25, 0.3) is 76.9 Å². The second-order valence-electron chi connectivity index (χ2n) is 9.89. The van der Waals surface area contributed by atoms with Crippen LogP contribution in [0.15, 0.2) is 116 Å². The van der Waals surface area contributed by atoms with E-state index in [2.05, 4.69) is 83.8 Å². The highest BCUT2D eigenvalue weighted by atomic mass is 14.8. The maximum absolute atomic E-state index is 9.36. The number of pyridine rings is 4.